The van der Waals surface area contributed by atoms with Crippen LogP contribution in [0.1, 0.15) is 5.56 Å². The summed E-state index contributed by atoms with van der Waals surface area (Å²) in [6.45, 7) is 0. The maximum atomic E-state index is 5.60. The minimum absolute atomic E-state index is 0.312. The van der Waals surface area contributed by atoms with Crippen molar-refractivity contribution in [3.8, 4) is 0 Å². The zero-order chi connectivity index (χ0) is 10.9. The lowest BCUT2D eigenvalue weighted by molar-refractivity contribution is -0.0432. The molecule has 0 aliphatic carbocycles. The predicted octanol–water partition coefficient (Wildman–Crippen LogP) is 3.09. The van der Waals surface area contributed by atoms with E-state index in [9.17, 15) is 0 Å². The summed E-state index contributed by atoms with van der Waals surface area (Å²) in [5, 5.41) is 3.69. The summed E-state index contributed by atoms with van der Waals surface area (Å²) in [5.41, 5.74) is 0.772. The van der Waals surface area contributed by atoms with Gasteiger partial charge in [0, 0.05) is 5.56 Å². The minimum atomic E-state index is -1.65. The van der Waals surface area contributed by atoms with E-state index in [2.05, 4.69) is 5.16 Å². The molecular formula is C9H6Cl3NO2. The first-order valence-corrected chi connectivity index (χ1v) is 5.23. The molecule has 0 aromatic heterocycles. The Kier molecular flexibility index (Phi) is 2.96. The molecule has 3 nitrogen and oxygen atoms in total. The van der Waals surface area contributed by atoms with Gasteiger partial charge >= 0.3 is 6.29 Å². The van der Waals surface area contributed by atoms with Gasteiger partial charge in [0.2, 0.25) is 0 Å². The van der Waals surface area contributed by atoms with Crippen molar-refractivity contribution in [1.82, 2.24) is 0 Å². The summed E-state index contributed by atoms with van der Waals surface area (Å²) in [6.07, 6.45) is -1.00. The molecule has 1 unspecified atom stereocenters. The molecule has 0 spiro atoms. The first kappa shape index (κ1) is 10.9. The Labute approximate surface area is 102 Å². The summed E-state index contributed by atoms with van der Waals surface area (Å²) in [4.78, 5) is 4.85. The quantitative estimate of drug-likeness (QED) is 0.731. The topological polar surface area (TPSA) is 30.8 Å². The fourth-order valence-corrected chi connectivity index (χ4v) is 1.32. The van der Waals surface area contributed by atoms with Crippen LogP contribution in [0.3, 0.4) is 0 Å². The highest BCUT2D eigenvalue weighted by molar-refractivity contribution is 6.68. The molecule has 2 rings (SSSR count). The highest BCUT2D eigenvalue weighted by atomic mass is 35.6. The van der Waals surface area contributed by atoms with Crippen LogP contribution < -0.4 is 0 Å². The largest absolute Gasteiger partial charge is 0.428 e. The molecule has 0 bridgehead atoms. The Morgan fingerprint density at radius 3 is 2.33 bits per heavy atom. The molecule has 0 saturated carbocycles. The fraction of sp³-hybridized carbons (Fsp3) is 0.222. The number of nitrogens with zero attached hydrogens (tertiary/aromatic N) is 1. The minimum Gasteiger partial charge on any atom is -0.428 e. The smallest absolute Gasteiger partial charge is 0.314 e. The average molecular weight is 267 g/mol. The number of halogens is 3. The molecule has 1 atom stereocenters. The Bertz CT molecular complexity index is 375. The monoisotopic (exact) mass is 265 g/mol. The Morgan fingerprint density at radius 2 is 1.80 bits per heavy atom. The second-order valence-corrected chi connectivity index (χ2v) is 5.23. The van der Waals surface area contributed by atoms with Gasteiger partial charge in [-0.2, -0.15) is 0 Å². The lowest BCUT2D eigenvalue weighted by Gasteiger charge is -2.16. The Hall–Kier alpha value is -0.640. The van der Waals surface area contributed by atoms with E-state index in [0.29, 0.717) is 5.90 Å². The van der Waals surface area contributed by atoms with E-state index in [1.807, 2.05) is 30.3 Å². The summed E-state index contributed by atoms with van der Waals surface area (Å²) < 4.78 is 3.59. The van der Waals surface area contributed by atoms with Crippen molar-refractivity contribution < 1.29 is 9.57 Å². The van der Waals surface area contributed by atoms with Gasteiger partial charge in [0.1, 0.15) is 0 Å². The van der Waals surface area contributed by atoms with Crippen molar-refractivity contribution in [2.75, 3.05) is 0 Å². The first-order chi connectivity index (χ1) is 7.07. The van der Waals surface area contributed by atoms with Crippen LogP contribution >= 0.6 is 34.8 Å². The highest BCUT2D eigenvalue weighted by Gasteiger charge is 2.41. The van der Waals surface area contributed by atoms with Gasteiger partial charge < -0.3 is 9.57 Å². The molecule has 1 aromatic rings. The summed E-state index contributed by atoms with van der Waals surface area (Å²) in [6, 6.07) is 9.23. The van der Waals surface area contributed by atoms with Crippen LogP contribution in [0.15, 0.2) is 35.5 Å². The van der Waals surface area contributed by atoms with Crippen LogP contribution in [-0.4, -0.2) is 16.0 Å². The number of alkyl halides is 3. The van der Waals surface area contributed by atoms with E-state index in [0.717, 1.165) is 5.56 Å². The van der Waals surface area contributed by atoms with Crippen LogP contribution in [0.4, 0.5) is 0 Å². The molecule has 1 aromatic carbocycles. The van der Waals surface area contributed by atoms with Gasteiger partial charge in [0.25, 0.3) is 9.69 Å². The van der Waals surface area contributed by atoms with Gasteiger partial charge in [-0.05, 0) is 17.3 Å². The van der Waals surface area contributed by atoms with Gasteiger partial charge in [-0.15, -0.1) is 0 Å². The maximum absolute atomic E-state index is 5.60. The van der Waals surface area contributed by atoms with Crippen LogP contribution in [0.25, 0.3) is 0 Å². The van der Waals surface area contributed by atoms with Gasteiger partial charge in [-0.3, -0.25) is 0 Å². The van der Waals surface area contributed by atoms with E-state index < -0.39 is 10.1 Å². The van der Waals surface area contributed by atoms with Crippen molar-refractivity contribution >= 4 is 40.7 Å². The van der Waals surface area contributed by atoms with Crippen molar-refractivity contribution in [3.05, 3.63) is 35.9 Å². The van der Waals surface area contributed by atoms with E-state index in [1.54, 1.807) is 0 Å². The van der Waals surface area contributed by atoms with Gasteiger partial charge in [0.05, 0.1) is 0 Å². The maximum Gasteiger partial charge on any atom is 0.314 e. The molecular weight excluding hydrogens is 260 g/mol. The van der Waals surface area contributed by atoms with E-state index in [-0.39, 0.29) is 0 Å². The van der Waals surface area contributed by atoms with Gasteiger partial charge in [-0.25, -0.2) is 0 Å². The second-order valence-electron chi connectivity index (χ2n) is 2.86. The molecule has 0 fully saturated rings. The van der Waals surface area contributed by atoms with Gasteiger partial charge in [-0.1, -0.05) is 53.0 Å². The third-order valence-corrected chi connectivity index (χ3v) is 2.27. The first-order valence-electron chi connectivity index (χ1n) is 4.10. The number of rotatable bonds is 1. The van der Waals surface area contributed by atoms with Crippen molar-refractivity contribution in [2.45, 2.75) is 10.1 Å². The Balaban J connectivity index is 2.11. The molecule has 0 amide bonds. The normalized spacial score (nSPS) is 20.5. The fourth-order valence-electron chi connectivity index (χ4n) is 1.07. The third-order valence-electron chi connectivity index (χ3n) is 1.74. The lowest BCUT2D eigenvalue weighted by atomic mass is 10.2. The van der Waals surface area contributed by atoms with Crippen molar-refractivity contribution in [3.63, 3.8) is 0 Å². The summed E-state index contributed by atoms with van der Waals surface area (Å²) in [7, 11) is 0. The highest BCUT2D eigenvalue weighted by Crippen LogP contribution is 2.35. The van der Waals surface area contributed by atoms with Crippen LogP contribution in [0.2, 0.25) is 0 Å². The molecule has 1 heterocycles. The lowest BCUT2D eigenvalue weighted by Crippen LogP contribution is -2.27. The van der Waals surface area contributed by atoms with Gasteiger partial charge in [0.15, 0.2) is 0 Å². The molecule has 1 aliphatic heterocycles. The van der Waals surface area contributed by atoms with Crippen LogP contribution in [0.5, 0.6) is 0 Å². The molecule has 80 valence electrons. The number of benzene rings is 1. The molecule has 1 aliphatic rings. The molecule has 15 heavy (non-hydrogen) atoms. The number of hydrogen-bond acceptors (Lipinski definition) is 3. The SMILES string of the molecule is ClC(Cl)(Cl)C1ON=C(c2ccccc2)O1. The molecule has 6 heteroatoms. The van der Waals surface area contributed by atoms with E-state index in [4.69, 9.17) is 44.4 Å². The number of ether oxygens (including phenoxy) is 1. The zero-order valence-corrected chi connectivity index (χ0v) is 9.63. The predicted molar refractivity (Wildman–Crippen MR) is 59.2 cm³/mol. The van der Waals surface area contributed by atoms with Crippen molar-refractivity contribution in [2.24, 2.45) is 5.16 Å². The summed E-state index contributed by atoms with van der Waals surface area (Å²) >= 11 is 16.8. The number of hydrogen-bond donors (Lipinski definition) is 0. The third kappa shape index (κ3) is 2.48. The van der Waals surface area contributed by atoms with E-state index >= 15 is 0 Å². The number of oxime groups is 1. The molecule has 0 N–H and O–H groups in total. The molecule has 0 saturated heterocycles. The van der Waals surface area contributed by atoms with E-state index in [1.165, 1.54) is 0 Å². The van der Waals surface area contributed by atoms with Crippen molar-refractivity contribution in [1.29, 1.82) is 0 Å². The molecule has 0 radical (unpaired) electrons. The van der Waals surface area contributed by atoms with Crippen LogP contribution in [0, 0.1) is 0 Å². The van der Waals surface area contributed by atoms with Crippen LogP contribution in [-0.2, 0) is 9.57 Å². The standard InChI is InChI=1S/C9H6Cl3NO2/c10-9(11,12)8-14-7(13-15-8)6-4-2-1-3-5-6/h1-5,8H. The Morgan fingerprint density at radius 1 is 1.13 bits per heavy atom. The summed E-state index contributed by atoms with van der Waals surface area (Å²) in [5.74, 6) is 0.312. The zero-order valence-electron chi connectivity index (χ0n) is 7.36. The second kappa shape index (κ2) is 4.08. The average Bonchev–Trinajstić information content (AvgIpc) is 2.67.